The molecular weight excluding hydrogens is 345 g/mol. The lowest BCUT2D eigenvalue weighted by molar-refractivity contribution is 0.0786. The summed E-state index contributed by atoms with van der Waals surface area (Å²) >= 11 is 0. The van der Waals surface area contributed by atoms with Crippen molar-refractivity contribution in [2.24, 2.45) is 0 Å². The maximum absolute atomic E-state index is 13.0. The summed E-state index contributed by atoms with van der Waals surface area (Å²) in [6.45, 7) is 0.680. The standard InChI is InChI=1S/C20H22FN5O/c1-26(20(27)19-14-22-10-11-23-19)12-4-2-3-5-17-13-18(25-24-17)15-6-8-16(21)9-7-15/h6-11,13-14H,2-5,12H2,1H3,(H,24,25). The molecule has 1 N–H and O–H groups in total. The van der Waals surface area contributed by atoms with E-state index in [0.29, 0.717) is 12.2 Å². The number of halogens is 1. The smallest absolute Gasteiger partial charge is 0.273 e. The van der Waals surface area contributed by atoms with Gasteiger partial charge in [-0.3, -0.25) is 14.9 Å². The molecule has 0 unspecified atom stereocenters. The van der Waals surface area contributed by atoms with E-state index < -0.39 is 0 Å². The molecular formula is C20H22FN5O. The average Bonchev–Trinajstić information content (AvgIpc) is 3.17. The minimum absolute atomic E-state index is 0.111. The number of H-pyrrole nitrogens is 1. The molecule has 7 heteroatoms. The fourth-order valence-corrected chi connectivity index (χ4v) is 2.81. The minimum Gasteiger partial charge on any atom is -0.340 e. The molecule has 0 saturated carbocycles. The predicted octanol–water partition coefficient (Wildman–Crippen LogP) is 3.49. The van der Waals surface area contributed by atoms with Crippen LogP contribution in [-0.2, 0) is 6.42 Å². The first kappa shape index (κ1) is 18.7. The maximum atomic E-state index is 13.0. The number of nitrogens with one attached hydrogen (secondary N) is 1. The van der Waals surface area contributed by atoms with Crippen LogP contribution in [0.2, 0.25) is 0 Å². The largest absolute Gasteiger partial charge is 0.340 e. The summed E-state index contributed by atoms with van der Waals surface area (Å²) in [5.74, 6) is -0.363. The molecule has 6 nitrogen and oxygen atoms in total. The van der Waals surface area contributed by atoms with E-state index in [4.69, 9.17) is 0 Å². The number of amides is 1. The number of aromatic amines is 1. The topological polar surface area (TPSA) is 74.8 Å². The van der Waals surface area contributed by atoms with Gasteiger partial charge in [0.1, 0.15) is 11.5 Å². The average molecular weight is 367 g/mol. The number of carbonyl (C=O) groups is 1. The summed E-state index contributed by atoms with van der Waals surface area (Å²) in [6, 6.07) is 8.31. The highest BCUT2D eigenvalue weighted by atomic mass is 19.1. The van der Waals surface area contributed by atoms with E-state index in [1.54, 1.807) is 30.3 Å². The van der Waals surface area contributed by atoms with Crippen molar-refractivity contribution in [1.29, 1.82) is 0 Å². The molecule has 0 atom stereocenters. The molecule has 2 heterocycles. The molecule has 0 aliphatic carbocycles. The van der Waals surface area contributed by atoms with Gasteiger partial charge in [-0.05, 0) is 49.6 Å². The molecule has 1 aromatic carbocycles. The number of hydrogen-bond acceptors (Lipinski definition) is 4. The Morgan fingerprint density at radius 3 is 2.70 bits per heavy atom. The van der Waals surface area contributed by atoms with Crippen LogP contribution >= 0.6 is 0 Å². The Kier molecular flexibility index (Phi) is 6.25. The molecule has 0 radical (unpaired) electrons. The fourth-order valence-electron chi connectivity index (χ4n) is 2.81. The molecule has 0 aliphatic heterocycles. The summed E-state index contributed by atoms with van der Waals surface area (Å²) in [5, 5.41) is 7.32. The Morgan fingerprint density at radius 2 is 1.96 bits per heavy atom. The first-order valence-corrected chi connectivity index (χ1v) is 8.95. The summed E-state index contributed by atoms with van der Waals surface area (Å²) < 4.78 is 13.0. The number of hydrogen-bond donors (Lipinski definition) is 1. The van der Waals surface area contributed by atoms with Gasteiger partial charge in [-0.2, -0.15) is 5.10 Å². The third-order valence-electron chi connectivity index (χ3n) is 4.34. The number of nitrogens with zero attached hydrogens (tertiary/aromatic N) is 4. The molecule has 3 aromatic rings. The zero-order valence-corrected chi connectivity index (χ0v) is 15.2. The second kappa shape index (κ2) is 9.02. The molecule has 27 heavy (non-hydrogen) atoms. The number of aryl methyl sites for hydroxylation is 1. The van der Waals surface area contributed by atoms with E-state index in [9.17, 15) is 9.18 Å². The first-order valence-electron chi connectivity index (χ1n) is 8.95. The van der Waals surface area contributed by atoms with Gasteiger partial charge < -0.3 is 4.90 Å². The number of benzene rings is 1. The molecule has 0 aliphatic rings. The summed E-state index contributed by atoms with van der Waals surface area (Å²) in [7, 11) is 1.78. The number of unbranched alkanes of at least 4 members (excludes halogenated alkanes) is 2. The maximum Gasteiger partial charge on any atom is 0.273 e. The third-order valence-corrected chi connectivity index (χ3v) is 4.34. The molecule has 0 fully saturated rings. The van der Waals surface area contributed by atoms with Crippen LogP contribution in [0.25, 0.3) is 11.3 Å². The molecule has 2 aromatic heterocycles. The van der Waals surface area contributed by atoms with Gasteiger partial charge in [-0.25, -0.2) is 9.37 Å². The van der Waals surface area contributed by atoms with Gasteiger partial charge in [0.05, 0.1) is 11.9 Å². The van der Waals surface area contributed by atoms with Gasteiger partial charge in [0.15, 0.2) is 0 Å². The van der Waals surface area contributed by atoms with Gasteiger partial charge in [0.25, 0.3) is 5.91 Å². The zero-order valence-electron chi connectivity index (χ0n) is 15.2. The Labute approximate surface area is 157 Å². The van der Waals surface area contributed by atoms with Gasteiger partial charge in [0.2, 0.25) is 0 Å². The summed E-state index contributed by atoms with van der Waals surface area (Å²) in [4.78, 5) is 21.8. The molecule has 0 bridgehead atoms. The van der Waals surface area contributed by atoms with Crippen molar-refractivity contribution in [3.63, 3.8) is 0 Å². The monoisotopic (exact) mass is 367 g/mol. The number of carbonyl (C=O) groups excluding carboxylic acids is 1. The lowest BCUT2D eigenvalue weighted by Crippen LogP contribution is -2.28. The van der Waals surface area contributed by atoms with Crippen molar-refractivity contribution in [2.45, 2.75) is 25.7 Å². The Morgan fingerprint density at radius 1 is 1.15 bits per heavy atom. The van der Waals surface area contributed by atoms with E-state index in [0.717, 1.165) is 42.6 Å². The fraction of sp³-hybridized carbons (Fsp3) is 0.300. The predicted molar refractivity (Wildman–Crippen MR) is 101 cm³/mol. The van der Waals surface area contributed by atoms with Crippen LogP contribution in [-0.4, -0.2) is 44.6 Å². The van der Waals surface area contributed by atoms with Crippen LogP contribution in [0, 0.1) is 5.82 Å². The van der Waals surface area contributed by atoms with Gasteiger partial charge in [0, 0.05) is 37.2 Å². The van der Waals surface area contributed by atoms with Gasteiger partial charge in [-0.15, -0.1) is 0 Å². The quantitative estimate of drug-likeness (QED) is 0.619. The Bertz CT molecular complexity index is 864. The van der Waals surface area contributed by atoms with Crippen molar-refractivity contribution in [2.75, 3.05) is 13.6 Å². The van der Waals surface area contributed by atoms with Crippen LogP contribution in [0.1, 0.15) is 35.4 Å². The first-order chi connectivity index (χ1) is 13.1. The molecule has 0 saturated heterocycles. The molecule has 1 amide bonds. The lowest BCUT2D eigenvalue weighted by atomic mass is 10.1. The zero-order chi connectivity index (χ0) is 19.1. The number of aromatic nitrogens is 4. The summed E-state index contributed by atoms with van der Waals surface area (Å²) in [6.07, 6.45) is 8.36. The van der Waals surface area contributed by atoms with Crippen molar-refractivity contribution in [1.82, 2.24) is 25.1 Å². The van der Waals surface area contributed by atoms with Gasteiger partial charge in [-0.1, -0.05) is 6.42 Å². The van der Waals surface area contributed by atoms with E-state index >= 15 is 0 Å². The molecule has 140 valence electrons. The highest BCUT2D eigenvalue weighted by molar-refractivity contribution is 5.91. The lowest BCUT2D eigenvalue weighted by Gasteiger charge is -2.16. The van der Waals surface area contributed by atoms with E-state index in [2.05, 4.69) is 20.2 Å². The van der Waals surface area contributed by atoms with Crippen molar-refractivity contribution >= 4 is 5.91 Å². The Balaban J connectivity index is 1.39. The van der Waals surface area contributed by atoms with Crippen LogP contribution in [0.4, 0.5) is 4.39 Å². The second-order valence-electron chi connectivity index (χ2n) is 6.41. The normalized spacial score (nSPS) is 10.7. The second-order valence-corrected chi connectivity index (χ2v) is 6.41. The highest BCUT2D eigenvalue weighted by Crippen LogP contribution is 2.19. The SMILES string of the molecule is CN(CCCCCc1cc(-c2ccc(F)cc2)n[nH]1)C(=O)c1cnccn1. The number of rotatable bonds is 8. The third kappa shape index (κ3) is 5.20. The van der Waals surface area contributed by atoms with Crippen LogP contribution in [0.5, 0.6) is 0 Å². The van der Waals surface area contributed by atoms with E-state index in [-0.39, 0.29) is 11.7 Å². The summed E-state index contributed by atoms with van der Waals surface area (Å²) in [5.41, 5.74) is 3.13. The molecule has 3 rings (SSSR count). The van der Waals surface area contributed by atoms with Crippen molar-refractivity contribution in [3.8, 4) is 11.3 Å². The van der Waals surface area contributed by atoms with Crippen molar-refractivity contribution in [3.05, 3.63) is 66.1 Å². The van der Waals surface area contributed by atoms with Crippen molar-refractivity contribution < 1.29 is 9.18 Å². The van der Waals surface area contributed by atoms with Crippen LogP contribution < -0.4 is 0 Å². The highest BCUT2D eigenvalue weighted by Gasteiger charge is 2.12. The Hall–Kier alpha value is -3.09. The molecule has 0 spiro atoms. The van der Waals surface area contributed by atoms with Gasteiger partial charge >= 0.3 is 0 Å². The van der Waals surface area contributed by atoms with Crippen LogP contribution in [0.15, 0.2) is 48.9 Å². The van der Waals surface area contributed by atoms with E-state index in [1.807, 2.05) is 6.07 Å². The van der Waals surface area contributed by atoms with Crippen LogP contribution in [0.3, 0.4) is 0 Å². The van der Waals surface area contributed by atoms with E-state index in [1.165, 1.54) is 24.5 Å². The minimum atomic E-state index is -0.253.